The van der Waals surface area contributed by atoms with Gasteiger partial charge in [-0.25, -0.2) is 9.07 Å². The summed E-state index contributed by atoms with van der Waals surface area (Å²) in [7, 11) is 3.17. The van der Waals surface area contributed by atoms with Crippen molar-refractivity contribution in [2.45, 2.75) is 0 Å². The van der Waals surface area contributed by atoms with Crippen LogP contribution in [0.1, 0.15) is 0 Å². The lowest BCUT2D eigenvalue weighted by atomic mass is 10.3. The highest BCUT2D eigenvalue weighted by atomic mass is 32.1. The van der Waals surface area contributed by atoms with Crippen molar-refractivity contribution in [2.75, 3.05) is 12.8 Å². The summed E-state index contributed by atoms with van der Waals surface area (Å²) in [6.45, 7) is 0. The molecule has 0 aliphatic rings. The van der Waals surface area contributed by atoms with E-state index in [4.69, 9.17) is 10.5 Å². The summed E-state index contributed by atoms with van der Waals surface area (Å²) in [5.74, 6) is 0.248. The molecule has 15 heavy (non-hydrogen) atoms. The summed E-state index contributed by atoms with van der Waals surface area (Å²) in [5, 5.41) is 5.79. The molecule has 4 nitrogen and oxygen atoms in total. The number of anilines is 1. The Bertz CT molecular complexity index is 492. The number of hydrogen-bond donors (Lipinski definition) is 1. The van der Waals surface area contributed by atoms with Crippen LogP contribution in [0.2, 0.25) is 0 Å². The zero-order chi connectivity index (χ0) is 11.0. The van der Waals surface area contributed by atoms with Gasteiger partial charge in [0.2, 0.25) is 0 Å². The third-order valence-corrected chi connectivity index (χ3v) is 2.99. The predicted octanol–water partition coefficient (Wildman–Crippen LogP) is 1.88. The first-order valence-electron chi connectivity index (χ1n) is 4.24. The molecular formula is C9H10FN3OS. The molecule has 0 bridgehead atoms. The molecule has 0 fully saturated rings. The van der Waals surface area contributed by atoms with E-state index in [-0.39, 0.29) is 11.5 Å². The minimum atomic E-state index is -0.484. The third kappa shape index (κ3) is 1.56. The minimum absolute atomic E-state index is 0.0392. The number of ether oxygens (including phenoxy) is 1. The number of nitrogen functional groups attached to an aromatic ring is 1. The smallest absolute Gasteiger partial charge is 0.193 e. The number of rotatable bonds is 2. The van der Waals surface area contributed by atoms with E-state index in [0.29, 0.717) is 10.6 Å². The standard InChI is InChI=1S/C9H10FN3OS/c1-13-9(11)7(10)8(12-13)6-3-5(14-2)4-15-6/h3-4H,11H2,1-2H3. The van der Waals surface area contributed by atoms with Crippen LogP contribution in [0.25, 0.3) is 10.6 Å². The Kier molecular flexibility index (Phi) is 2.36. The SMILES string of the molecule is COc1csc(-c2nn(C)c(N)c2F)c1. The molecule has 0 aromatic carbocycles. The lowest BCUT2D eigenvalue weighted by Crippen LogP contribution is -1.97. The summed E-state index contributed by atoms with van der Waals surface area (Å²) in [6, 6.07) is 1.73. The van der Waals surface area contributed by atoms with E-state index in [1.807, 2.05) is 0 Å². The van der Waals surface area contributed by atoms with E-state index in [9.17, 15) is 4.39 Å². The van der Waals surface area contributed by atoms with Crippen LogP contribution in [0.5, 0.6) is 5.75 Å². The molecule has 6 heteroatoms. The van der Waals surface area contributed by atoms with Crippen molar-refractivity contribution in [3.05, 3.63) is 17.3 Å². The molecule has 0 aliphatic carbocycles. The molecule has 0 radical (unpaired) electrons. The number of nitrogens with zero attached hydrogens (tertiary/aromatic N) is 2. The second kappa shape index (κ2) is 3.54. The number of nitrogens with two attached hydrogens (primary N) is 1. The van der Waals surface area contributed by atoms with E-state index in [1.54, 1.807) is 25.6 Å². The van der Waals surface area contributed by atoms with Gasteiger partial charge in [-0.05, 0) is 0 Å². The number of halogens is 1. The van der Waals surface area contributed by atoms with Crippen molar-refractivity contribution in [2.24, 2.45) is 7.05 Å². The first-order chi connectivity index (χ1) is 7.13. The van der Waals surface area contributed by atoms with E-state index in [2.05, 4.69) is 5.10 Å². The first kappa shape index (κ1) is 9.97. The van der Waals surface area contributed by atoms with E-state index in [0.717, 1.165) is 0 Å². The largest absolute Gasteiger partial charge is 0.496 e. The number of thiophene rings is 1. The third-order valence-electron chi connectivity index (χ3n) is 2.08. The zero-order valence-electron chi connectivity index (χ0n) is 8.32. The van der Waals surface area contributed by atoms with E-state index < -0.39 is 5.82 Å². The van der Waals surface area contributed by atoms with Crippen molar-refractivity contribution in [3.8, 4) is 16.3 Å². The van der Waals surface area contributed by atoms with Crippen LogP contribution in [0.4, 0.5) is 10.2 Å². The Balaban J connectivity index is 2.49. The van der Waals surface area contributed by atoms with Crippen LogP contribution < -0.4 is 10.5 Å². The molecule has 2 N–H and O–H groups in total. The molecule has 0 atom stereocenters. The van der Waals surface area contributed by atoms with Crippen LogP contribution in [0, 0.1) is 5.82 Å². The van der Waals surface area contributed by atoms with Crippen molar-refractivity contribution in [3.63, 3.8) is 0 Å². The van der Waals surface area contributed by atoms with Crippen molar-refractivity contribution in [1.82, 2.24) is 9.78 Å². The van der Waals surface area contributed by atoms with Gasteiger partial charge in [0.1, 0.15) is 11.4 Å². The second-order valence-corrected chi connectivity index (χ2v) is 3.93. The number of aromatic nitrogens is 2. The maximum atomic E-state index is 13.6. The highest BCUT2D eigenvalue weighted by Gasteiger charge is 2.16. The summed E-state index contributed by atoms with van der Waals surface area (Å²) in [6.07, 6.45) is 0. The highest BCUT2D eigenvalue weighted by Crippen LogP contribution is 2.33. The minimum Gasteiger partial charge on any atom is -0.496 e. The van der Waals surface area contributed by atoms with E-state index >= 15 is 0 Å². The van der Waals surface area contributed by atoms with Crippen LogP contribution in [0.3, 0.4) is 0 Å². The summed E-state index contributed by atoms with van der Waals surface area (Å²) in [5.41, 5.74) is 5.75. The molecule has 0 aliphatic heterocycles. The van der Waals surface area contributed by atoms with Gasteiger partial charge in [0.05, 0.1) is 12.0 Å². The molecule has 2 aromatic rings. The predicted molar refractivity (Wildman–Crippen MR) is 57.4 cm³/mol. The van der Waals surface area contributed by atoms with Crippen molar-refractivity contribution < 1.29 is 9.13 Å². The van der Waals surface area contributed by atoms with Gasteiger partial charge in [0, 0.05) is 18.5 Å². The fourth-order valence-electron chi connectivity index (χ4n) is 1.22. The molecule has 0 saturated carbocycles. The van der Waals surface area contributed by atoms with Crippen LogP contribution in [-0.4, -0.2) is 16.9 Å². The lowest BCUT2D eigenvalue weighted by molar-refractivity contribution is 0.417. The van der Waals surface area contributed by atoms with Gasteiger partial charge < -0.3 is 10.5 Å². The average Bonchev–Trinajstić information content (AvgIpc) is 2.79. The molecule has 2 heterocycles. The molecule has 2 rings (SSSR count). The number of aryl methyl sites for hydroxylation is 1. The second-order valence-electron chi connectivity index (χ2n) is 3.02. The number of methoxy groups -OCH3 is 1. The van der Waals surface area contributed by atoms with Gasteiger partial charge >= 0.3 is 0 Å². The Hall–Kier alpha value is -1.56. The van der Waals surface area contributed by atoms with Crippen molar-refractivity contribution in [1.29, 1.82) is 0 Å². The number of hydrogen-bond acceptors (Lipinski definition) is 4. The Labute approximate surface area is 90.1 Å². The Morgan fingerprint density at radius 3 is 2.80 bits per heavy atom. The van der Waals surface area contributed by atoms with Gasteiger partial charge in [0.15, 0.2) is 11.6 Å². The fraction of sp³-hybridized carbons (Fsp3) is 0.222. The molecule has 0 saturated heterocycles. The Morgan fingerprint density at radius 1 is 1.60 bits per heavy atom. The quantitative estimate of drug-likeness (QED) is 0.852. The summed E-state index contributed by atoms with van der Waals surface area (Å²) >= 11 is 1.37. The fourth-order valence-corrected chi connectivity index (χ4v) is 2.05. The van der Waals surface area contributed by atoms with Gasteiger partial charge in [-0.1, -0.05) is 0 Å². The normalized spacial score (nSPS) is 10.6. The molecule has 80 valence electrons. The lowest BCUT2D eigenvalue weighted by Gasteiger charge is -1.90. The van der Waals surface area contributed by atoms with Crippen LogP contribution >= 0.6 is 11.3 Å². The van der Waals surface area contributed by atoms with Gasteiger partial charge in [-0.3, -0.25) is 0 Å². The average molecular weight is 227 g/mol. The monoisotopic (exact) mass is 227 g/mol. The summed E-state index contributed by atoms with van der Waals surface area (Å²) < 4.78 is 19.9. The van der Waals surface area contributed by atoms with Gasteiger partial charge in [-0.15, -0.1) is 11.3 Å². The molecule has 0 unspecified atom stereocenters. The first-order valence-corrected chi connectivity index (χ1v) is 5.12. The summed E-state index contributed by atoms with van der Waals surface area (Å²) in [4.78, 5) is 0.705. The topological polar surface area (TPSA) is 53.1 Å². The maximum absolute atomic E-state index is 13.6. The zero-order valence-corrected chi connectivity index (χ0v) is 9.14. The van der Waals surface area contributed by atoms with Gasteiger partial charge in [0.25, 0.3) is 0 Å². The molecule has 0 spiro atoms. The maximum Gasteiger partial charge on any atom is 0.193 e. The molecular weight excluding hydrogens is 217 g/mol. The van der Waals surface area contributed by atoms with Crippen LogP contribution in [-0.2, 0) is 7.05 Å². The molecule has 0 amide bonds. The van der Waals surface area contributed by atoms with Gasteiger partial charge in [-0.2, -0.15) is 5.10 Å². The highest BCUT2D eigenvalue weighted by molar-refractivity contribution is 7.13. The van der Waals surface area contributed by atoms with Crippen LogP contribution in [0.15, 0.2) is 11.4 Å². The van der Waals surface area contributed by atoms with Crippen molar-refractivity contribution >= 4 is 17.2 Å². The Morgan fingerprint density at radius 2 is 2.33 bits per heavy atom. The van der Waals surface area contributed by atoms with E-state index in [1.165, 1.54) is 16.0 Å². The molecule has 2 aromatic heterocycles.